The molecule has 2 amide bonds. The first-order chi connectivity index (χ1) is 8.97. The molecule has 5 heteroatoms. The summed E-state index contributed by atoms with van der Waals surface area (Å²) in [7, 11) is 0. The molecule has 0 aliphatic heterocycles. The van der Waals surface area contributed by atoms with Gasteiger partial charge in [-0.1, -0.05) is 26.3 Å². The van der Waals surface area contributed by atoms with Gasteiger partial charge in [0.1, 0.15) is 5.82 Å². The fourth-order valence-electron chi connectivity index (χ4n) is 1.71. The maximum atomic E-state index is 13.5. The Hall–Kier alpha value is -1.62. The highest BCUT2D eigenvalue weighted by atomic mass is 19.1. The van der Waals surface area contributed by atoms with Gasteiger partial charge in [-0.3, -0.25) is 0 Å². The number of benzene rings is 1. The van der Waals surface area contributed by atoms with Crippen molar-refractivity contribution in [2.45, 2.75) is 33.2 Å². The Balaban J connectivity index is 2.66. The standard InChI is InChI=1S/C14H21FN2O2/c1-4-10(3)13(8-18)17-14(19)16-12-7-9(2)5-6-11(12)15/h5-7,10,13,18H,4,8H2,1-3H3,(H2,16,17,19)/t10-,13+/m1/s1. The molecule has 0 aliphatic carbocycles. The van der Waals surface area contributed by atoms with Gasteiger partial charge >= 0.3 is 6.03 Å². The third-order valence-electron chi connectivity index (χ3n) is 3.21. The lowest BCUT2D eigenvalue weighted by atomic mass is 10.0. The molecule has 19 heavy (non-hydrogen) atoms. The third-order valence-corrected chi connectivity index (χ3v) is 3.21. The summed E-state index contributed by atoms with van der Waals surface area (Å²) in [6.45, 7) is 5.60. The second-order valence-corrected chi connectivity index (χ2v) is 4.76. The highest BCUT2D eigenvalue weighted by molar-refractivity contribution is 5.89. The summed E-state index contributed by atoms with van der Waals surface area (Å²) in [5.41, 5.74) is 0.996. The number of halogens is 1. The van der Waals surface area contributed by atoms with Crippen molar-refractivity contribution >= 4 is 11.7 Å². The van der Waals surface area contributed by atoms with E-state index in [0.29, 0.717) is 0 Å². The molecular formula is C14H21FN2O2. The molecule has 4 nitrogen and oxygen atoms in total. The zero-order valence-electron chi connectivity index (χ0n) is 11.5. The van der Waals surface area contributed by atoms with Gasteiger partial charge < -0.3 is 15.7 Å². The molecule has 0 saturated carbocycles. The van der Waals surface area contributed by atoms with Crippen LogP contribution in [-0.4, -0.2) is 23.8 Å². The Bertz CT molecular complexity index is 437. The van der Waals surface area contributed by atoms with Crippen LogP contribution in [0.3, 0.4) is 0 Å². The second-order valence-electron chi connectivity index (χ2n) is 4.76. The predicted molar refractivity (Wildman–Crippen MR) is 73.6 cm³/mol. The van der Waals surface area contributed by atoms with E-state index < -0.39 is 11.8 Å². The van der Waals surface area contributed by atoms with E-state index >= 15 is 0 Å². The molecule has 3 N–H and O–H groups in total. The number of rotatable bonds is 5. The number of hydrogen-bond acceptors (Lipinski definition) is 2. The number of aryl methyl sites for hydroxylation is 1. The van der Waals surface area contributed by atoms with Crippen LogP contribution in [0.2, 0.25) is 0 Å². The third kappa shape index (κ3) is 4.52. The lowest BCUT2D eigenvalue weighted by Gasteiger charge is -2.22. The largest absolute Gasteiger partial charge is 0.394 e. The van der Waals surface area contributed by atoms with E-state index in [1.165, 1.54) is 6.07 Å². The Kier molecular flexibility index (Phi) is 5.76. The van der Waals surface area contributed by atoms with Gasteiger partial charge in [-0.15, -0.1) is 0 Å². The van der Waals surface area contributed by atoms with E-state index in [9.17, 15) is 14.3 Å². The zero-order valence-corrected chi connectivity index (χ0v) is 11.5. The Labute approximate surface area is 113 Å². The number of nitrogens with one attached hydrogen (secondary N) is 2. The highest BCUT2D eigenvalue weighted by Gasteiger charge is 2.17. The van der Waals surface area contributed by atoms with Crippen molar-refractivity contribution < 1.29 is 14.3 Å². The Morgan fingerprint density at radius 2 is 2.16 bits per heavy atom. The lowest BCUT2D eigenvalue weighted by Crippen LogP contribution is -2.44. The summed E-state index contributed by atoms with van der Waals surface area (Å²) in [6, 6.07) is 3.66. The van der Waals surface area contributed by atoms with Gasteiger partial charge in [0, 0.05) is 0 Å². The first-order valence-corrected chi connectivity index (χ1v) is 6.42. The first kappa shape index (κ1) is 15.4. The molecule has 0 saturated heterocycles. The number of carbonyl (C=O) groups is 1. The van der Waals surface area contributed by atoms with Gasteiger partial charge in [0.15, 0.2) is 0 Å². The molecule has 1 aromatic rings. The van der Waals surface area contributed by atoms with Crippen LogP contribution in [0.25, 0.3) is 0 Å². The SMILES string of the molecule is CC[C@@H](C)[C@H](CO)NC(=O)Nc1cc(C)ccc1F. The summed E-state index contributed by atoms with van der Waals surface area (Å²) in [5.74, 6) is -0.331. The van der Waals surface area contributed by atoms with Crippen molar-refractivity contribution in [1.29, 1.82) is 0 Å². The van der Waals surface area contributed by atoms with E-state index in [0.717, 1.165) is 12.0 Å². The van der Waals surface area contributed by atoms with Gasteiger partial charge in [0.05, 0.1) is 18.3 Å². The average molecular weight is 268 g/mol. The van der Waals surface area contributed by atoms with Crippen molar-refractivity contribution in [2.75, 3.05) is 11.9 Å². The minimum atomic E-state index is -0.510. The molecule has 0 aromatic heterocycles. The van der Waals surface area contributed by atoms with E-state index in [2.05, 4.69) is 10.6 Å². The van der Waals surface area contributed by atoms with Crippen molar-refractivity contribution in [2.24, 2.45) is 5.92 Å². The van der Waals surface area contributed by atoms with Gasteiger partial charge in [-0.25, -0.2) is 9.18 Å². The summed E-state index contributed by atoms with van der Waals surface area (Å²) in [4.78, 5) is 11.8. The van der Waals surface area contributed by atoms with Crippen LogP contribution >= 0.6 is 0 Å². The molecule has 0 bridgehead atoms. The van der Waals surface area contributed by atoms with Crippen LogP contribution in [0.1, 0.15) is 25.8 Å². The van der Waals surface area contributed by atoms with Crippen molar-refractivity contribution in [1.82, 2.24) is 5.32 Å². The molecule has 0 radical (unpaired) electrons. The minimum Gasteiger partial charge on any atom is -0.394 e. The molecule has 106 valence electrons. The molecule has 1 aromatic carbocycles. The van der Waals surface area contributed by atoms with Crippen molar-refractivity contribution in [3.63, 3.8) is 0 Å². The van der Waals surface area contributed by atoms with E-state index in [4.69, 9.17) is 0 Å². The number of urea groups is 1. The topological polar surface area (TPSA) is 61.4 Å². The van der Waals surface area contributed by atoms with Crippen LogP contribution < -0.4 is 10.6 Å². The molecule has 0 heterocycles. The lowest BCUT2D eigenvalue weighted by molar-refractivity contribution is 0.198. The zero-order chi connectivity index (χ0) is 14.4. The minimum absolute atomic E-state index is 0.137. The van der Waals surface area contributed by atoms with Crippen LogP contribution in [0.15, 0.2) is 18.2 Å². The fourth-order valence-corrected chi connectivity index (χ4v) is 1.71. The first-order valence-electron chi connectivity index (χ1n) is 6.42. The molecule has 0 fully saturated rings. The van der Waals surface area contributed by atoms with Crippen LogP contribution in [0.4, 0.5) is 14.9 Å². The smallest absolute Gasteiger partial charge is 0.319 e. The normalized spacial score (nSPS) is 13.7. The predicted octanol–water partition coefficient (Wildman–Crippen LogP) is 2.66. The van der Waals surface area contributed by atoms with Gasteiger partial charge in [0.25, 0.3) is 0 Å². The number of anilines is 1. The van der Waals surface area contributed by atoms with Crippen molar-refractivity contribution in [3.05, 3.63) is 29.6 Å². The number of aliphatic hydroxyl groups excluding tert-OH is 1. The number of amides is 2. The molecule has 0 spiro atoms. The van der Waals surface area contributed by atoms with Gasteiger partial charge in [0.2, 0.25) is 0 Å². The highest BCUT2D eigenvalue weighted by Crippen LogP contribution is 2.15. The van der Waals surface area contributed by atoms with E-state index in [1.807, 2.05) is 20.8 Å². The molecular weight excluding hydrogens is 247 g/mol. The van der Waals surface area contributed by atoms with Crippen LogP contribution in [-0.2, 0) is 0 Å². The maximum Gasteiger partial charge on any atom is 0.319 e. The molecule has 0 aliphatic rings. The van der Waals surface area contributed by atoms with Gasteiger partial charge in [-0.2, -0.15) is 0 Å². The Morgan fingerprint density at radius 1 is 1.47 bits per heavy atom. The summed E-state index contributed by atoms with van der Waals surface area (Å²) in [6.07, 6.45) is 0.838. The fraction of sp³-hybridized carbons (Fsp3) is 0.500. The van der Waals surface area contributed by atoms with Crippen LogP contribution in [0, 0.1) is 18.7 Å². The Morgan fingerprint density at radius 3 is 2.74 bits per heavy atom. The van der Waals surface area contributed by atoms with Gasteiger partial charge in [-0.05, 0) is 30.5 Å². The summed E-state index contributed by atoms with van der Waals surface area (Å²) in [5, 5.41) is 14.3. The maximum absolute atomic E-state index is 13.5. The quantitative estimate of drug-likeness (QED) is 0.769. The number of aliphatic hydroxyl groups is 1. The molecule has 0 unspecified atom stereocenters. The van der Waals surface area contributed by atoms with Crippen molar-refractivity contribution in [3.8, 4) is 0 Å². The molecule has 2 atom stereocenters. The van der Waals surface area contributed by atoms with E-state index in [-0.39, 0.29) is 24.3 Å². The summed E-state index contributed by atoms with van der Waals surface area (Å²) >= 11 is 0. The average Bonchev–Trinajstić information content (AvgIpc) is 2.39. The van der Waals surface area contributed by atoms with Crippen LogP contribution in [0.5, 0.6) is 0 Å². The second kappa shape index (κ2) is 7.09. The summed E-state index contributed by atoms with van der Waals surface area (Å²) < 4.78 is 13.5. The molecule has 1 rings (SSSR count). The number of hydrogen-bond donors (Lipinski definition) is 3. The number of carbonyl (C=O) groups excluding carboxylic acids is 1. The van der Waals surface area contributed by atoms with E-state index in [1.54, 1.807) is 12.1 Å². The monoisotopic (exact) mass is 268 g/mol.